The van der Waals surface area contributed by atoms with Crippen molar-refractivity contribution in [2.45, 2.75) is 45.4 Å². The second kappa shape index (κ2) is 6.37. The second-order valence-corrected chi connectivity index (χ2v) is 5.87. The number of carboxylic acid groups (broad SMARTS) is 1. The van der Waals surface area contributed by atoms with Crippen molar-refractivity contribution in [1.82, 2.24) is 0 Å². The van der Waals surface area contributed by atoms with Crippen molar-refractivity contribution in [1.29, 1.82) is 0 Å². The molecular formula is C17H24O4. The van der Waals surface area contributed by atoms with Crippen LogP contribution in [-0.4, -0.2) is 24.3 Å². The van der Waals surface area contributed by atoms with Gasteiger partial charge >= 0.3 is 5.97 Å². The zero-order valence-electron chi connectivity index (χ0n) is 13.0. The Hall–Kier alpha value is -1.71. The van der Waals surface area contributed by atoms with Gasteiger partial charge in [0.2, 0.25) is 0 Å². The fraction of sp³-hybridized carbons (Fsp3) is 0.588. The fourth-order valence-corrected chi connectivity index (χ4v) is 2.56. The van der Waals surface area contributed by atoms with Gasteiger partial charge < -0.3 is 14.6 Å². The minimum atomic E-state index is -0.722. The van der Waals surface area contributed by atoms with Crippen LogP contribution in [0.1, 0.15) is 45.6 Å². The first-order chi connectivity index (χ1) is 10.0. The third-order valence-electron chi connectivity index (χ3n) is 4.06. The Balaban J connectivity index is 2.22. The molecule has 0 spiro atoms. The lowest BCUT2D eigenvalue weighted by Crippen LogP contribution is -2.11. The summed E-state index contributed by atoms with van der Waals surface area (Å²) in [4.78, 5) is 11.2. The van der Waals surface area contributed by atoms with Crippen molar-refractivity contribution >= 4 is 5.97 Å². The zero-order chi connectivity index (χ0) is 15.5. The maximum absolute atomic E-state index is 11.2. The van der Waals surface area contributed by atoms with E-state index in [0.717, 1.165) is 29.9 Å². The van der Waals surface area contributed by atoms with E-state index in [2.05, 4.69) is 13.8 Å². The van der Waals surface area contributed by atoms with Gasteiger partial charge in [-0.25, -0.2) is 0 Å². The molecule has 0 aromatic heterocycles. The number of aliphatic carboxylic acids is 1. The maximum atomic E-state index is 11.2. The van der Waals surface area contributed by atoms with Gasteiger partial charge in [-0.1, -0.05) is 26.8 Å². The van der Waals surface area contributed by atoms with Crippen molar-refractivity contribution in [3.05, 3.63) is 23.8 Å². The number of ether oxygens (including phenoxy) is 2. The molecule has 116 valence electrons. The number of hydrogen-bond acceptors (Lipinski definition) is 3. The lowest BCUT2D eigenvalue weighted by Gasteiger charge is -2.16. The Morgan fingerprint density at radius 3 is 2.38 bits per heavy atom. The smallest absolute Gasteiger partial charge is 0.307 e. The van der Waals surface area contributed by atoms with Crippen LogP contribution in [0.5, 0.6) is 11.5 Å². The maximum Gasteiger partial charge on any atom is 0.307 e. The largest absolute Gasteiger partial charge is 0.490 e. The first-order valence-corrected chi connectivity index (χ1v) is 7.65. The van der Waals surface area contributed by atoms with E-state index in [1.54, 1.807) is 0 Å². The molecule has 2 unspecified atom stereocenters. The molecule has 0 aliphatic heterocycles. The van der Waals surface area contributed by atoms with Gasteiger partial charge in [-0.15, -0.1) is 0 Å². The molecule has 0 radical (unpaired) electrons. The van der Waals surface area contributed by atoms with Crippen LogP contribution in [0, 0.1) is 5.92 Å². The van der Waals surface area contributed by atoms with Crippen LogP contribution in [0.25, 0.3) is 0 Å². The summed E-state index contributed by atoms with van der Waals surface area (Å²) in [7, 11) is 0. The van der Waals surface area contributed by atoms with Crippen LogP contribution < -0.4 is 9.47 Å². The van der Waals surface area contributed by atoms with Crippen molar-refractivity contribution < 1.29 is 19.4 Å². The fourth-order valence-electron chi connectivity index (χ4n) is 2.56. The van der Waals surface area contributed by atoms with Gasteiger partial charge in [0.05, 0.1) is 19.1 Å². The molecule has 2 rings (SSSR count). The van der Waals surface area contributed by atoms with Gasteiger partial charge in [0.25, 0.3) is 0 Å². The summed E-state index contributed by atoms with van der Waals surface area (Å²) in [6.07, 6.45) is 2.55. The van der Waals surface area contributed by atoms with Crippen LogP contribution in [-0.2, 0) is 10.2 Å². The molecule has 0 amide bonds. The van der Waals surface area contributed by atoms with Crippen molar-refractivity contribution in [2.75, 3.05) is 13.2 Å². The Bertz CT molecular complexity index is 512. The minimum absolute atomic E-state index is 0.278. The molecule has 2 atom stereocenters. The van der Waals surface area contributed by atoms with Crippen LogP contribution in [0.4, 0.5) is 0 Å². The summed E-state index contributed by atoms with van der Waals surface area (Å²) in [5.41, 5.74) is 0.740. The van der Waals surface area contributed by atoms with E-state index >= 15 is 0 Å². The molecule has 4 nitrogen and oxygen atoms in total. The third kappa shape index (κ3) is 3.31. The molecule has 4 heteroatoms. The number of hydrogen-bond donors (Lipinski definition) is 1. The standard InChI is InChI=1S/C17H24O4/c1-4-8-20-14-7-6-12(10-15(14)21-9-5-2)17(3)11-13(17)16(18)19/h6-7,10,13H,4-5,8-9,11H2,1-3H3,(H,18,19). The quantitative estimate of drug-likeness (QED) is 0.795. The van der Waals surface area contributed by atoms with Crippen molar-refractivity contribution in [3.8, 4) is 11.5 Å². The highest BCUT2D eigenvalue weighted by Crippen LogP contribution is 2.55. The van der Waals surface area contributed by atoms with E-state index in [0.29, 0.717) is 19.6 Å². The summed E-state index contributed by atoms with van der Waals surface area (Å²) >= 11 is 0. The first-order valence-electron chi connectivity index (χ1n) is 7.65. The van der Waals surface area contributed by atoms with Crippen molar-refractivity contribution in [2.24, 2.45) is 5.92 Å². The lowest BCUT2D eigenvalue weighted by atomic mass is 9.95. The molecule has 21 heavy (non-hydrogen) atoms. The van der Waals surface area contributed by atoms with Gasteiger partial charge in [0, 0.05) is 5.41 Å². The van der Waals surface area contributed by atoms with Crippen LogP contribution >= 0.6 is 0 Å². The Kier molecular flexibility index (Phi) is 4.76. The highest BCUT2D eigenvalue weighted by molar-refractivity contribution is 5.77. The zero-order valence-corrected chi connectivity index (χ0v) is 13.0. The van der Waals surface area contributed by atoms with Gasteiger partial charge in [-0.2, -0.15) is 0 Å². The molecule has 1 aliphatic carbocycles. The van der Waals surface area contributed by atoms with E-state index in [1.807, 2.05) is 25.1 Å². The number of rotatable bonds is 8. The summed E-state index contributed by atoms with van der Waals surface area (Å²) < 4.78 is 11.5. The number of benzene rings is 1. The highest BCUT2D eigenvalue weighted by atomic mass is 16.5. The summed E-state index contributed by atoms with van der Waals surface area (Å²) in [6.45, 7) is 7.39. The molecule has 1 aromatic carbocycles. The monoisotopic (exact) mass is 292 g/mol. The Labute approximate surface area is 126 Å². The number of carboxylic acids is 1. The Morgan fingerprint density at radius 2 is 1.86 bits per heavy atom. The normalized spacial score (nSPS) is 23.7. The van der Waals surface area contributed by atoms with E-state index in [1.165, 1.54) is 0 Å². The van der Waals surface area contributed by atoms with Crippen LogP contribution in [0.2, 0.25) is 0 Å². The average molecular weight is 292 g/mol. The topological polar surface area (TPSA) is 55.8 Å². The van der Waals surface area contributed by atoms with Gasteiger partial charge in [0.1, 0.15) is 0 Å². The molecule has 1 aliphatic rings. The first kappa shape index (κ1) is 15.7. The summed E-state index contributed by atoms with van der Waals surface area (Å²) in [5, 5.41) is 9.18. The molecule has 0 heterocycles. The van der Waals surface area contributed by atoms with Gasteiger partial charge in [-0.05, 0) is 37.0 Å². The van der Waals surface area contributed by atoms with E-state index in [4.69, 9.17) is 9.47 Å². The molecule has 1 fully saturated rings. The van der Waals surface area contributed by atoms with Crippen LogP contribution in [0.3, 0.4) is 0 Å². The minimum Gasteiger partial charge on any atom is -0.490 e. The van der Waals surface area contributed by atoms with Gasteiger partial charge in [0.15, 0.2) is 11.5 Å². The van der Waals surface area contributed by atoms with Gasteiger partial charge in [-0.3, -0.25) is 4.79 Å². The predicted octanol–water partition coefficient (Wildman–Crippen LogP) is 3.63. The van der Waals surface area contributed by atoms with Crippen molar-refractivity contribution in [3.63, 3.8) is 0 Å². The summed E-state index contributed by atoms with van der Waals surface area (Å²) in [6, 6.07) is 5.81. The molecule has 1 aromatic rings. The average Bonchev–Trinajstić information content (AvgIpc) is 3.17. The molecule has 0 saturated heterocycles. The van der Waals surface area contributed by atoms with E-state index in [-0.39, 0.29) is 11.3 Å². The summed E-state index contributed by atoms with van der Waals surface area (Å²) in [5.74, 6) is 0.448. The lowest BCUT2D eigenvalue weighted by molar-refractivity contribution is -0.138. The van der Waals surface area contributed by atoms with E-state index < -0.39 is 5.97 Å². The predicted molar refractivity (Wildman–Crippen MR) is 81.1 cm³/mol. The SMILES string of the molecule is CCCOc1ccc(C2(C)CC2C(=O)O)cc1OCCC. The molecule has 1 N–H and O–H groups in total. The van der Waals surface area contributed by atoms with Crippen LogP contribution in [0.15, 0.2) is 18.2 Å². The molecular weight excluding hydrogens is 268 g/mol. The third-order valence-corrected chi connectivity index (χ3v) is 4.06. The highest BCUT2D eigenvalue weighted by Gasteiger charge is 2.56. The molecule has 1 saturated carbocycles. The molecule has 0 bridgehead atoms. The second-order valence-electron chi connectivity index (χ2n) is 5.87. The Morgan fingerprint density at radius 1 is 1.24 bits per heavy atom. The number of carbonyl (C=O) groups is 1. The van der Waals surface area contributed by atoms with E-state index in [9.17, 15) is 9.90 Å².